The minimum Gasteiger partial charge on any atom is -0.481 e. The summed E-state index contributed by atoms with van der Waals surface area (Å²) < 4.78 is 30.8. The van der Waals surface area contributed by atoms with E-state index in [9.17, 15) is 13.2 Å². The van der Waals surface area contributed by atoms with Crippen LogP contribution in [0.25, 0.3) is 0 Å². The molecule has 2 atom stereocenters. The summed E-state index contributed by atoms with van der Waals surface area (Å²) in [6.07, 6.45) is 3.11. The molecule has 0 saturated carbocycles. The van der Waals surface area contributed by atoms with Gasteiger partial charge < -0.3 is 9.64 Å². The zero-order valence-electron chi connectivity index (χ0n) is 13.9. The molecular weight excluding hydrogens is 352 g/mol. The van der Waals surface area contributed by atoms with Crippen molar-refractivity contribution in [1.29, 1.82) is 0 Å². The molecular formula is C16H23ClN2O4S. The molecule has 0 bridgehead atoms. The van der Waals surface area contributed by atoms with Crippen molar-refractivity contribution < 1.29 is 17.9 Å². The van der Waals surface area contributed by atoms with Crippen LogP contribution in [-0.2, 0) is 14.8 Å². The van der Waals surface area contributed by atoms with Crippen LogP contribution >= 0.6 is 11.6 Å². The van der Waals surface area contributed by atoms with Crippen molar-refractivity contribution in [1.82, 2.24) is 9.62 Å². The largest absolute Gasteiger partial charge is 0.481 e. The number of rotatable bonds is 6. The van der Waals surface area contributed by atoms with Crippen molar-refractivity contribution in [2.24, 2.45) is 0 Å². The highest BCUT2D eigenvalue weighted by molar-refractivity contribution is 7.88. The highest BCUT2D eigenvalue weighted by atomic mass is 35.5. The first-order valence-electron chi connectivity index (χ1n) is 7.93. The molecule has 0 spiro atoms. The lowest BCUT2D eigenvalue weighted by atomic mass is 10.0. The SMILES string of the molecule is C[C@H](Oc1cccc(Cl)c1)C(=O)N1CCCC[C@H]1CNS(C)(=O)=O. The Labute approximate surface area is 148 Å². The maximum absolute atomic E-state index is 12.7. The van der Waals surface area contributed by atoms with E-state index in [1.165, 1.54) is 0 Å². The van der Waals surface area contributed by atoms with Crippen LogP contribution in [0.2, 0.25) is 5.02 Å². The summed E-state index contributed by atoms with van der Waals surface area (Å²) in [5, 5.41) is 0.542. The molecule has 2 rings (SSSR count). The van der Waals surface area contributed by atoms with Gasteiger partial charge in [0, 0.05) is 24.2 Å². The van der Waals surface area contributed by atoms with Crippen LogP contribution in [-0.4, -0.2) is 50.7 Å². The van der Waals surface area contributed by atoms with Crippen LogP contribution in [0, 0.1) is 0 Å². The molecule has 0 aliphatic carbocycles. The first-order valence-corrected chi connectivity index (χ1v) is 10.2. The van der Waals surface area contributed by atoms with Gasteiger partial charge in [-0.1, -0.05) is 17.7 Å². The zero-order valence-corrected chi connectivity index (χ0v) is 15.4. The second-order valence-corrected chi connectivity index (χ2v) is 8.29. The van der Waals surface area contributed by atoms with Crippen LogP contribution in [0.3, 0.4) is 0 Å². The first kappa shape index (κ1) is 19.0. The standard InChI is InChI=1S/C16H23ClN2O4S/c1-12(23-15-8-5-6-13(17)10-15)16(20)19-9-4-3-7-14(19)11-18-24(2,21)22/h5-6,8,10,12,14,18H,3-4,7,9,11H2,1-2H3/t12-,14-/m0/s1. The molecule has 0 unspecified atom stereocenters. The van der Waals surface area contributed by atoms with Gasteiger partial charge in [0.15, 0.2) is 6.10 Å². The summed E-state index contributed by atoms with van der Waals surface area (Å²) >= 11 is 5.92. The van der Waals surface area contributed by atoms with Gasteiger partial charge >= 0.3 is 0 Å². The molecule has 1 heterocycles. The van der Waals surface area contributed by atoms with Crippen molar-refractivity contribution in [3.8, 4) is 5.75 Å². The quantitative estimate of drug-likeness (QED) is 0.826. The predicted molar refractivity (Wildman–Crippen MR) is 93.7 cm³/mol. The van der Waals surface area contributed by atoms with Crippen molar-refractivity contribution in [2.45, 2.75) is 38.3 Å². The summed E-state index contributed by atoms with van der Waals surface area (Å²) in [6, 6.07) is 6.75. The molecule has 24 heavy (non-hydrogen) atoms. The minimum absolute atomic E-state index is 0.144. The molecule has 134 valence electrons. The number of ether oxygens (including phenoxy) is 1. The summed E-state index contributed by atoms with van der Waals surface area (Å²) in [5.41, 5.74) is 0. The first-order chi connectivity index (χ1) is 11.3. The zero-order chi connectivity index (χ0) is 17.7. The summed E-state index contributed by atoms with van der Waals surface area (Å²) in [4.78, 5) is 14.4. The lowest BCUT2D eigenvalue weighted by molar-refractivity contribution is -0.141. The van der Waals surface area contributed by atoms with E-state index in [0.29, 0.717) is 17.3 Å². The summed E-state index contributed by atoms with van der Waals surface area (Å²) in [7, 11) is -3.28. The van der Waals surface area contributed by atoms with Crippen molar-refractivity contribution in [2.75, 3.05) is 19.3 Å². The molecule has 1 N–H and O–H groups in total. The van der Waals surface area contributed by atoms with E-state index in [-0.39, 0.29) is 18.5 Å². The predicted octanol–water partition coefficient (Wildman–Crippen LogP) is 2.04. The monoisotopic (exact) mass is 374 g/mol. The van der Waals surface area contributed by atoms with E-state index >= 15 is 0 Å². The fourth-order valence-electron chi connectivity index (χ4n) is 2.78. The third kappa shape index (κ3) is 5.65. The molecule has 1 aromatic rings. The number of likely N-dealkylation sites (tertiary alicyclic amines) is 1. The van der Waals surface area contributed by atoms with Gasteiger partial charge in [0.2, 0.25) is 10.0 Å². The van der Waals surface area contributed by atoms with Gasteiger partial charge in [0.1, 0.15) is 5.75 Å². The Bertz CT molecular complexity index is 680. The Morgan fingerprint density at radius 1 is 1.46 bits per heavy atom. The fourth-order valence-corrected chi connectivity index (χ4v) is 3.45. The third-order valence-electron chi connectivity index (χ3n) is 3.95. The van der Waals surface area contributed by atoms with Crippen LogP contribution in [0.15, 0.2) is 24.3 Å². The third-order valence-corrected chi connectivity index (χ3v) is 4.87. The van der Waals surface area contributed by atoms with E-state index < -0.39 is 16.1 Å². The van der Waals surface area contributed by atoms with Crippen molar-refractivity contribution in [3.05, 3.63) is 29.3 Å². The molecule has 1 aliphatic rings. The number of halogens is 1. The molecule has 0 aromatic heterocycles. The minimum atomic E-state index is -3.28. The van der Waals surface area contributed by atoms with Crippen LogP contribution < -0.4 is 9.46 Å². The molecule has 1 aliphatic heterocycles. The number of nitrogens with zero attached hydrogens (tertiary/aromatic N) is 1. The van der Waals surface area contributed by atoms with Gasteiger partial charge in [-0.25, -0.2) is 13.1 Å². The van der Waals surface area contributed by atoms with Crippen LogP contribution in [0.5, 0.6) is 5.75 Å². The number of benzene rings is 1. The van der Waals surface area contributed by atoms with Crippen molar-refractivity contribution in [3.63, 3.8) is 0 Å². The van der Waals surface area contributed by atoms with Gasteiger partial charge in [-0.15, -0.1) is 0 Å². The fraction of sp³-hybridized carbons (Fsp3) is 0.562. The summed E-state index contributed by atoms with van der Waals surface area (Å²) in [5.74, 6) is 0.390. The van der Waals surface area contributed by atoms with E-state index in [0.717, 1.165) is 25.5 Å². The molecule has 1 saturated heterocycles. The average Bonchev–Trinajstić information content (AvgIpc) is 2.52. The Morgan fingerprint density at radius 3 is 2.88 bits per heavy atom. The maximum Gasteiger partial charge on any atom is 0.263 e. The lowest BCUT2D eigenvalue weighted by Crippen LogP contribution is -2.52. The number of hydrogen-bond donors (Lipinski definition) is 1. The smallest absolute Gasteiger partial charge is 0.263 e. The number of carbonyl (C=O) groups is 1. The second kappa shape index (κ2) is 8.18. The Kier molecular flexibility index (Phi) is 6.48. The van der Waals surface area contributed by atoms with E-state index in [4.69, 9.17) is 16.3 Å². The van der Waals surface area contributed by atoms with Crippen LogP contribution in [0.1, 0.15) is 26.2 Å². The highest BCUT2D eigenvalue weighted by Gasteiger charge is 2.31. The molecule has 0 radical (unpaired) electrons. The topological polar surface area (TPSA) is 75.7 Å². The normalized spacial score (nSPS) is 19.8. The molecule has 1 fully saturated rings. The van der Waals surface area contributed by atoms with Gasteiger partial charge in [-0.05, 0) is 44.4 Å². The lowest BCUT2D eigenvalue weighted by Gasteiger charge is -2.37. The molecule has 6 nitrogen and oxygen atoms in total. The molecule has 8 heteroatoms. The number of amides is 1. The van der Waals surface area contributed by atoms with Crippen molar-refractivity contribution >= 4 is 27.5 Å². The van der Waals surface area contributed by atoms with E-state index in [2.05, 4.69) is 4.72 Å². The molecule has 1 aromatic carbocycles. The Balaban J connectivity index is 2.01. The Morgan fingerprint density at radius 2 is 2.21 bits per heavy atom. The van der Waals surface area contributed by atoms with Gasteiger partial charge in [-0.2, -0.15) is 0 Å². The van der Waals surface area contributed by atoms with Gasteiger partial charge in [0.05, 0.1) is 6.26 Å². The number of piperidine rings is 1. The van der Waals surface area contributed by atoms with Gasteiger partial charge in [0.25, 0.3) is 5.91 Å². The van der Waals surface area contributed by atoms with E-state index in [1.807, 2.05) is 0 Å². The van der Waals surface area contributed by atoms with E-state index in [1.54, 1.807) is 36.1 Å². The number of nitrogens with one attached hydrogen (secondary N) is 1. The highest BCUT2D eigenvalue weighted by Crippen LogP contribution is 2.21. The number of carbonyl (C=O) groups excluding carboxylic acids is 1. The van der Waals surface area contributed by atoms with Gasteiger partial charge in [-0.3, -0.25) is 4.79 Å². The maximum atomic E-state index is 12.7. The second-order valence-electron chi connectivity index (χ2n) is 6.02. The number of hydrogen-bond acceptors (Lipinski definition) is 4. The average molecular weight is 375 g/mol. The summed E-state index contributed by atoms with van der Waals surface area (Å²) in [6.45, 7) is 2.53. The number of sulfonamides is 1. The molecule has 1 amide bonds. The Hall–Kier alpha value is -1.31. The van der Waals surface area contributed by atoms with Crippen LogP contribution in [0.4, 0.5) is 0 Å².